The highest BCUT2D eigenvalue weighted by Crippen LogP contribution is 2.31. The van der Waals surface area contributed by atoms with Crippen LogP contribution in [0.15, 0.2) is 58.7 Å². The van der Waals surface area contributed by atoms with Gasteiger partial charge in [-0.3, -0.25) is 4.79 Å². The first-order valence-corrected chi connectivity index (χ1v) is 10.4. The number of anilines is 1. The summed E-state index contributed by atoms with van der Waals surface area (Å²) in [6.45, 7) is 10.1. The van der Waals surface area contributed by atoms with Crippen molar-refractivity contribution in [3.63, 3.8) is 0 Å². The van der Waals surface area contributed by atoms with Crippen LogP contribution in [0.25, 0.3) is 17.2 Å². The number of benzene rings is 2. The minimum absolute atomic E-state index is 0.0835. The molecule has 0 spiro atoms. The number of hydrogen-bond donors (Lipinski definition) is 2. The Balaban J connectivity index is 1.83. The summed E-state index contributed by atoms with van der Waals surface area (Å²) in [6.07, 6.45) is 3.49. The zero-order chi connectivity index (χ0) is 22.5. The molecule has 0 aliphatic heterocycles. The maximum Gasteiger partial charge on any atom is 0.247 e. The van der Waals surface area contributed by atoms with Crippen LogP contribution in [0.5, 0.6) is 0 Å². The van der Waals surface area contributed by atoms with Crippen molar-refractivity contribution in [1.29, 1.82) is 0 Å². The molecular formula is C26H29FN2O2. The summed E-state index contributed by atoms with van der Waals surface area (Å²) in [5, 5.41) is 6.07. The number of carbonyl (C=O) groups is 1. The summed E-state index contributed by atoms with van der Waals surface area (Å²) >= 11 is 0. The van der Waals surface area contributed by atoms with Gasteiger partial charge in [0.15, 0.2) is 0 Å². The molecule has 1 amide bonds. The van der Waals surface area contributed by atoms with Gasteiger partial charge in [0, 0.05) is 22.9 Å². The lowest BCUT2D eigenvalue weighted by Crippen LogP contribution is -2.30. The molecule has 1 heterocycles. The van der Waals surface area contributed by atoms with Crippen molar-refractivity contribution in [2.24, 2.45) is 0 Å². The summed E-state index contributed by atoms with van der Waals surface area (Å²) in [4.78, 5) is 12.2. The topological polar surface area (TPSA) is 54.3 Å². The highest BCUT2D eigenvalue weighted by Gasteiger charge is 2.12. The zero-order valence-electron chi connectivity index (χ0n) is 18.7. The Morgan fingerprint density at radius 2 is 1.87 bits per heavy atom. The second-order valence-electron chi connectivity index (χ2n) is 8.11. The lowest BCUT2D eigenvalue weighted by Gasteiger charge is -2.14. The average Bonchev–Trinajstić information content (AvgIpc) is 3.22. The summed E-state index contributed by atoms with van der Waals surface area (Å²) in [5.41, 5.74) is 5.61. The Hall–Kier alpha value is -3.34. The molecule has 0 saturated heterocycles. The van der Waals surface area contributed by atoms with Crippen LogP contribution in [0.3, 0.4) is 0 Å². The SMILES string of the molecule is C/C(=C\c1cc(C)c(-c2ccc(NCc3ccco3)cc2F)cc1C)C(=O)NC(C)C. The van der Waals surface area contributed by atoms with Crippen molar-refractivity contribution in [3.8, 4) is 11.1 Å². The molecule has 0 radical (unpaired) electrons. The molecule has 1 aromatic heterocycles. The van der Waals surface area contributed by atoms with E-state index < -0.39 is 0 Å². The van der Waals surface area contributed by atoms with Gasteiger partial charge >= 0.3 is 0 Å². The van der Waals surface area contributed by atoms with Crippen LogP contribution in [-0.2, 0) is 11.3 Å². The number of hydrogen-bond acceptors (Lipinski definition) is 3. The smallest absolute Gasteiger partial charge is 0.247 e. The van der Waals surface area contributed by atoms with Crippen LogP contribution in [-0.4, -0.2) is 11.9 Å². The molecule has 5 heteroatoms. The molecular weight excluding hydrogens is 391 g/mol. The summed E-state index contributed by atoms with van der Waals surface area (Å²) in [5.74, 6) is 0.416. The quantitative estimate of drug-likeness (QED) is 0.445. The molecule has 0 saturated carbocycles. The van der Waals surface area contributed by atoms with E-state index in [0.29, 0.717) is 23.4 Å². The first-order valence-electron chi connectivity index (χ1n) is 10.4. The number of nitrogens with one attached hydrogen (secondary N) is 2. The highest BCUT2D eigenvalue weighted by atomic mass is 19.1. The summed E-state index contributed by atoms with van der Waals surface area (Å²) < 4.78 is 20.2. The number of furan rings is 1. The van der Waals surface area contributed by atoms with E-state index in [-0.39, 0.29) is 17.8 Å². The van der Waals surface area contributed by atoms with Crippen molar-refractivity contribution >= 4 is 17.7 Å². The third-order valence-corrected chi connectivity index (χ3v) is 5.07. The van der Waals surface area contributed by atoms with E-state index in [1.807, 2.05) is 64.1 Å². The van der Waals surface area contributed by atoms with Crippen LogP contribution in [0, 0.1) is 19.7 Å². The molecule has 162 valence electrons. The minimum atomic E-state index is -0.289. The predicted molar refractivity (Wildman–Crippen MR) is 124 cm³/mol. The van der Waals surface area contributed by atoms with Crippen molar-refractivity contribution in [2.75, 3.05) is 5.32 Å². The van der Waals surface area contributed by atoms with Gasteiger partial charge in [0.2, 0.25) is 5.91 Å². The van der Waals surface area contributed by atoms with Crippen LogP contribution in [0.4, 0.5) is 10.1 Å². The standard InChI is InChI=1S/C26H29FN2O2/c1-16(2)29-26(30)19(5)12-20-11-18(4)24(13-17(20)3)23-9-8-21(14-25(23)27)28-15-22-7-6-10-31-22/h6-14,16,28H,15H2,1-5H3,(H,29,30)/b19-12+. The maximum atomic E-state index is 14.9. The molecule has 0 fully saturated rings. The van der Waals surface area contributed by atoms with Crippen LogP contribution < -0.4 is 10.6 Å². The predicted octanol–water partition coefficient (Wildman–Crippen LogP) is 6.24. The number of rotatable bonds is 7. The van der Waals surface area contributed by atoms with Crippen LogP contribution >= 0.6 is 0 Å². The zero-order valence-corrected chi connectivity index (χ0v) is 18.7. The highest BCUT2D eigenvalue weighted by molar-refractivity contribution is 5.97. The van der Waals surface area contributed by atoms with Gasteiger partial charge in [0.05, 0.1) is 12.8 Å². The van der Waals surface area contributed by atoms with E-state index in [0.717, 1.165) is 28.0 Å². The summed E-state index contributed by atoms with van der Waals surface area (Å²) in [6, 6.07) is 12.9. The molecule has 3 rings (SSSR count). The molecule has 0 atom stereocenters. The third-order valence-electron chi connectivity index (χ3n) is 5.07. The van der Waals surface area contributed by atoms with Crippen molar-refractivity contribution in [1.82, 2.24) is 5.32 Å². The molecule has 31 heavy (non-hydrogen) atoms. The lowest BCUT2D eigenvalue weighted by molar-refractivity contribution is -0.117. The Labute approximate surface area is 183 Å². The minimum Gasteiger partial charge on any atom is -0.467 e. The Kier molecular flexibility index (Phi) is 6.95. The monoisotopic (exact) mass is 420 g/mol. The van der Waals surface area contributed by atoms with Crippen LogP contribution in [0.2, 0.25) is 0 Å². The fourth-order valence-corrected chi connectivity index (χ4v) is 3.40. The number of amides is 1. The molecule has 4 nitrogen and oxygen atoms in total. The van der Waals surface area contributed by atoms with E-state index in [2.05, 4.69) is 10.6 Å². The average molecular weight is 421 g/mol. The maximum absolute atomic E-state index is 14.9. The molecule has 0 aliphatic carbocycles. The third kappa shape index (κ3) is 5.63. The Morgan fingerprint density at radius 3 is 2.52 bits per heavy atom. The van der Waals surface area contributed by atoms with Crippen molar-refractivity contribution in [2.45, 2.75) is 47.2 Å². The number of halogens is 1. The first-order chi connectivity index (χ1) is 14.7. The largest absolute Gasteiger partial charge is 0.467 e. The first kappa shape index (κ1) is 22.3. The van der Waals surface area contributed by atoms with E-state index >= 15 is 0 Å². The molecule has 3 aromatic rings. The number of carbonyl (C=O) groups excluding carboxylic acids is 1. The molecule has 0 bridgehead atoms. The normalized spacial score (nSPS) is 11.6. The van der Waals surface area contributed by atoms with Gasteiger partial charge in [-0.25, -0.2) is 4.39 Å². The van der Waals surface area contributed by atoms with E-state index in [1.165, 1.54) is 6.07 Å². The van der Waals surface area contributed by atoms with Crippen molar-refractivity contribution < 1.29 is 13.6 Å². The van der Waals surface area contributed by atoms with E-state index in [1.54, 1.807) is 19.3 Å². The van der Waals surface area contributed by atoms with Crippen LogP contribution in [0.1, 0.15) is 43.2 Å². The van der Waals surface area contributed by atoms with Gasteiger partial charge in [0.25, 0.3) is 0 Å². The Bertz CT molecular complexity index is 1100. The summed E-state index contributed by atoms with van der Waals surface area (Å²) in [7, 11) is 0. The molecule has 0 aliphatic rings. The lowest BCUT2D eigenvalue weighted by atomic mass is 9.93. The van der Waals surface area contributed by atoms with Gasteiger partial charge in [-0.2, -0.15) is 0 Å². The molecule has 2 aromatic carbocycles. The Morgan fingerprint density at radius 1 is 1.10 bits per heavy atom. The van der Waals surface area contributed by atoms with E-state index in [9.17, 15) is 9.18 Å². The fourth-order valence-electron chi connectivity index (χ4n) is 3.40. The van der Waals surface area contributed by atoms with Crippen molar-refractivity contribution in [3.05, 3.63) is 82.6 Å². The molecule has 2 N–H and O–H groups in total. The molecule has 0 unspecified atom stereocenters. The van der Waals surface area contributed by atoms with Gasteiger partial charge in [-0.15, -0.1) is 0 Å². The second kappa shape index (κ2) is 9.65. The number of aryl methyl sites for hydroxylation is 2. The van der Waals surface area contributed by atoms with Gasteiger partial charge in [-0.1, -0.05) is 12.1 Å². The fraction of sp³-hybridized carbons (Fsp3) is 0.269. The van der Waals surface area contributed by atoms with Gasteiger partial charge in [-0.05, 0) is 93.3 Å². The van der Waals surface area contributed by atoms with Gasteiger partial charge in [0.1, 0.15) is 11.6 Å². The second-order valence-corrected chi connectivity index (χ2v) is 8.11. The van der Waals surface area contributed by atoms with E-state index in [4.69, 9.17) is 4.42 Å². The van der Waals surface area contributed by atoms with Gasteiger partial charge < -0.3 is 15.1 Å².